The summed E-state index contributed by atoms with van der Waals surface area (Å²) < 4.78 is 5.80. The van der Waals surface area contributed by atoms with Crippen molar-refractivity contribution in [1.29, 1.82) is 0 Å². The van der Waals surface area contributed by atoms with E-state index in [9.17, 15) is 9.59 Å². The van der Waals surface area contributed by atoms with E-state index in [0.29, 0.717) is 26.1 Å². The lowest BCUT2D eigenvalue weighted by molar-refractivity contribution is -0.142. The Morgan fingerprint density at radius 2 is 1.95 bits per heavy atom. The SMILES string of the molecule is CC1CN(C(=O)N2CCC(C(=O)O)C2C)CC(C)(C)O1. The van der Waals surface area contributed by atoms with Crippen molar-refractivity contribution >= 4 is 12.0 Å². The Kier molecular flexibility index (Phi) is 3.95. The first-order valence-electron chi connectivity index (χ1n) is 7.17. The molecule has 0 aliphatic carbocycles. The van der Waals surface area contributed by atoms with Crippen molar-refractivity contribution in [1.82, 2.24) is 9.80 Å². The fraction of sp³-hybridized carbons (Fsp3) is 0.857. The van der Waals surface area contributed by atoms with Gasteiger partial charge in [-0.15, -0.1) is 0 Å². The van der Waals surface area contributed by atoms with Gasteiger partial charge >= 0.3 is 12.0 Å². The van der Waals surface area contributed by atoms with Gasteiger partial charge in [-0.25, -0.2) is 4.79 Å². The van der Waals surface area contributed by atoms with Crippen molar-refractivity contribution in [3.8, 4) is 0 Å². The summed E-state index contributed by atoms with van der Waals surface area (Å²) in [4.78, 5) is 27.2. The molecule has 0 bridgehead atoms. The molecule has 2 saturated heterocycles. The number of urea groups is 1. The lowest BCUT2D eigenvalue weighted by Gasteiger charge is -2.43. The number of carboxylic acid groups (broad SMARTS) is 1. The predicted molar refractivity (Wildman–Crippen MR) is 73.5 cm³/mol. The van der Waals surface area contributed by atoms with Crippen LogP contribution in [0.2, 0.25) is 0 Å². The van der Waals surface area contributed by atoms with Gasteiger partial charge in [0, 0.05) is 19.1 Å². The molecule has 3 unspecified atom stereocenters. The highest BCUT2D eigenvalue weighted by atomic mass is 16.5. The third-order valence-corrected chi connectivity index (χ3v) is 4.16. The second-order valence-corrected chi connectivity index (χ2v) is 6.52. The minimum Gasteiger partial charge on any atom is -0.481 e. The van der Waals surface area contributed by atoms with E-state index in [0.717, 1.165) is 0 Å². The maximum absolute atomic E-state index is 12.6. The van der Waals surface area contributed by atoms with E-state index in [2.05, 4.69) is 0 Å². The van der Waals surface area contributed by atoms with Crippen LogP contribution in [0.3, 0.4) is 0 Å². The summed E-state index contributed by atoms with van der Waals surface area (Å²) in [5.41, 5.74) is -0.359. The van der Waals surface area contributed by atoms with Crippen LogP contribution in [0.15, 0.2) is 0 Å². The van der Waals surface area contributed by atoms with Crippen LogP contribution >= 0.6 is 0 Å². The zero-order chi connectivity index (χ0) is 15.1. The molecule has 2 amide bonds. The Balaban J connectivity index is 2.06. The van der Waals surface area contributed by atoms with Gasteiger partial charge in [0.15, 0.2) is 0 Å². The molecular formula is C14H24N2O4. The van der Waals surface area contributed by atoms with Crippen molar-refractivity contribution in [3.63, 3.8) is 0 Å². The van der Waals surface area contributed by atoms with E-state index in [1.54, 1.807) is 9.80 Å². The van der Waals surface area contributed by atoms with Gasteiger partial charge in [-0.1, -0.05) is 0 Å². The molecule has 114 valence electrons. The first-order valence-corrected chi connectivity index (χ1v) is 7.17. The van der Waals surface area contributed by atoms with Crippen molar-refractivity contribution in [2.45, 2.75) is 51.9 Å². The number of carboxylic acids is 1. The fourth-order valence-corrected chi connectivity index (χ4v) is 3.32. The molecule has 2 rings (SSSR count). The topological polar surface area (TPSA) is 70.1 Å². The van der Waals surface area contributed by atoms with E-state index in [1.807, 2.05) is 27.7 Å². The number of rotatable bonds is 1. The second kappa shape index (κ2) is 5.24. The van der Waals surface area contributed by atoms with Gasteiger partial charge in [0.25, 0.3) is 0 Å². The molecule has 0 aromatic rings. The Hall–Kier alpha value is -1.30. The van der Waals surface area contributed by atoms with Crippen LogP contribution in [-0.4, -0.2) is 64.3 Å². The quantitative estimate of drug-likeness (QED) is 0.790. The molecule has 2 aliphatic heterocycles. The van der Waals surface area contributed by atoms with Gasteiger partial charge in [0.1, 0.15) is 0 Å². The van der Waals surface area contributed by atoms with Gasteiger partial charge in [-0.3, -0.25) is 4.79 Å². The molecular weight excluding hydrogens is 260 g/mol. The number of morpholine rings is 1. The number of nitrogens with zero attached hydrogens (tertiary/aromatic N) is 2. The average molecular weight is 284 g/mol. The summed E-state index contributed by atoms with van der Waals surface area (Å²) in [7, 11) is 0. The summed E-state index contributed by atoms with van der Waals surface area (Å²) in [6, 6.07) is -0.314. The summed E-state index contributed by atoms with van der Waals surface area (Å²) in [5.74, 6) is -1.27. The third-order valence-electron chi connectivity index (χ3n) is 4.16. The highest BCUT2D eigenvalue weighted by Crippen LogP contribution is 2.28. The van der Waals surface area contributed by atoms with Crippen LogP contribution in [0.1, 0.15) is 34.1 Å². The normalized spacial score (nSPS) is 33.3. The van der Waals surface area contributed by atoms with E-state index in [4.69, 9.17) is 9.84 Å². The Labute approximate surface area is 119 Å². The van der Waals surface area contributed by atoms with Crippen LogP contribution in [-0.2, 0) is 9.53 Å². The van der Waals surface area contributed by atoms with Gasteiger partial charge in [-0.2, -0.15) is 0 Å². The summed E-state index contributed by atoms with van der Waals surface area (Å²) in [6.45, 7) is 9.32. The predicted octanol–water partition coefficient (Wildman–Crippen LogP) is 1.40. The minimum atomic E-state index is -0.816. The zero-order valence-electron chi connectivity index (χ0n) is 12.6. The molecule has 2 fully saturated rings. The minimum absolute atomic E-state index is 0.00381. The largest absolute Gasteiger partial charge is 0.481 e. The van der Waals surface area contributed by atoms with Gasteiger partial charge in [0.2, 0.25) is 0 Å². The first-order chi connectivity index (χ1) is 9.21. The van der Waals surface area contributed by atoms with E-state index < -0.39 is 11.9 Å². The second-order valence-electron chi connectivity index (χ2n) is 6.52. The van der Waals surface area contributed by atoms with Crippen molar-refractivity contribution in [2.24, 2.45) is 5.92 Å². The molecule has 6 heteroatoms. The number of hydrogen-bond donors (Lipinski definition) is 1. The van der Waals surface area contributed by atoms with Crippen LogP contribution in [0.4, 0.5) is 4.79 Å². The molecule has 6 nitrogen and oxygen atoms in total. The van der Waals surface area contributed by atoms with E-state index in [-0.39, 0.29) is 23.8 Å². The first kappa shape index (κ1) is 15.1. The van der Waals surface area contributed by atoms with Crippen LogP contribution in [0.5, 0.6) is 0 Å². The Morgan fingerprint density at radius 1 is 1.30 bits per heavy atom. The number of aliphatic carboxylic acids is 1. The third kappa shape index (κ3) is 2.90. The molecule has 2 heterocycles. The molecule has 0 radical (unpaired) electrons. The van der Waals surface area contributed by atoms with Crippen LogP contribution in [0.25, 0.3) is 0 Å². The van der Waals surface area contributed by atoms with E-state index in [1.165, 1.54) is 0 Å². The highest BCUT2D eigenvalue weighted by Gasteiger charge is 2.42. The molecule has 1 N–H and O–H groups in total. The van der Waals surface area contributed by atoms with E-state index >= 15 is 0 Å². The van der Waals surface area contributed by atoms with Gasteiger partial charge in [0.05, 0.1) is 24.2 Å². The average Bonchev–Trinajstić information content (AvgIpc) is 2.67. The number of ether oxygens (including phenoxy) is 1. The van der Waals surface area contributed by atoms with Crippen molar-refractivity contribution in [3.05, 3.63) is 0 Å². The lowest BCUT2D eigenvalue weighted by atomic mass is 10.0. The molecule has 0 spiro atoms. The molecule has 3 atom stereocenters. The fourth-order valence-electron chi connectivity index (χ4n) is 3.32. The van der Waals surface area contributed by atoms with Crippen LogP contribution in [0, 0.1) is 5.92 Å². The monoisotopic (exact) mass is 284 g/mol. The highest BCUT2D eigenvalue weighted by molar-refractivity contribution is 5.78. The molecule has 0 aromatic carbocycles. The van der Waals surface area contributed by atoms with Crippen molar-refractivity contribution < 1.29 is 19.4 Å². The number of carbonyl (C=O) groups excluding carboxylic acids is 1. The number of likely N-dealkylation sites (tertiary alicyclic amines) is 1. The summed E-state index contributed by atoms with van der Waals surface area (Å²) in [6.07, 6.45) is 0.529. The number of carbonyl (C=O) groups is 2. The Morgan fingerprint density at radius 3 is 2.45 bits per heavy atom. The maximum Gasteiger partial charge on any atom is 0.320 e. The summed E-state index contributed by atoms with van der Waals surface area (Å²) in [5, 5.41) is 9.15. The smallest absolute Gasteiger partial charge is 0.320 e. The molecule has 20 heavy (non-hydrogen) atoms. The lowest BCUT2D eigenvalue weighted by Crippen LogP contribution is -2.57. The standard InChI is InChI=1S/C14H24N2O4/c1-9-7-15(8-14(3,4)20-9)13(19)16-6-5-11(10(16)2)12(17)18/h9-11H,5-8H2,1-4H3,(H,17,18). The van der Waals surface area contributed by atoms with Crippen molar-refractivity contribution in [2.75, 3.05) is 19.6 Å². The summed E-state index contributed by atoms with van der Waals surface area (Å²) >= 11 is 0. The van der Waals surface area contributed by atoms with Gasteiger partial charge in [-0.05, 0) is 34.1 Å². The molecule has 0 saturated carbocycles. The molecule has 0 aromatic heterocycles. The van der Waals surface area contributed by atoms with Crippen LogP contribution < -0.4 is 0 Å². The Bertz CT molecular complexity index is 410. The molecule has 2 aliphatic rings. The van der Waals surface area contributed by atoms with Gasteiger partial charge < -0.3 is 19.6 Å². The maximum atomic E-state index is 12.6. The number of hydrogen-bond acceptors (Lipinski definition) is 3. The number of amides is 2. The zero-order valence-corrected chi connectivity index (χ0v) is 12.6.